The van der Waals surface area contributed by atoms with Gasteiger partial charge in [-0.15, -0.1) is 0 Å². The van der Waals surface area contributed by atoms with Crippen LogP contribution in [0.4, 0.5) is 0 Å². The Labute approximate surface area is 79.2 Å². The van der Waals surface area contributed by atoms with Gasteiger partial charge in [0.15, 0.2) is 0 Å². The van der Waals surface area contributed by atoms with E-state index in [2.05, 4.69) is 9.97 Å². The molecule has 0 spiro atoms. The molecule has 0 aliphatic rings. The number of aromatic amines is 1. The fourth-order valence-corrected chi connectivity index (χ4v) is 1.01. The molecule has 6 nitrogen and oxygen atoms in total. The quantitative estimate of drug-likeness (QED) is 0.616. The van der Waals surface area contributed by atoms with Crippen molar-refractivity contribution in [3.8, 4) is 5.88 Å². The third-order valence-corrected chi connectivity index (χ3v) is 1.71. The third kappa shape index (κ3) is 2.09. The Morgan fingerprint density at radius 2 is 2.21 bits per heavy atom. The zero-order valence-electron chi connectivity index (χ0n) is 7.57. The van der Waals surface area contributed by atoms with Crippen molar-refractivity contribution in [2.24, 2.45) is 0 Å². The number of rotatable bonds is 3. The number of hydrogen-bond donors (Lipinski definition) is 3. The van der Waals surface area contributed by atoms with Gasteiger partial charge in [-0.05, 0) is 0 Å². The van der Waals surface area contributed by atoms with Crippen molar-refractivity contribution in [1.29, 1.82) is 0 Å². The van der Waals surface area contributed by atoms with E-state index in [0.717, 1.165) is 0 Å². The Hall–Kier alpha value is -1.85. The predicted molar refractivity (Wildman–Crippen MR) is 47.2 cm³/mol. The molecule has 0 saturated carbocycles. The Bertz CT molecular complexity index is 410. The monoisotopic (exact) mass is 198 g/mol. The summed E-state index contributed by atoms with van der Waals surface area (Å²) in [5.74, 6) is -1.36. The highest BCUT2D eigenvalue weighted by molar-refractivity contribution is 5.70. The van der Waals surface area contributed by atoms with Crippen molar-refractivity contribution in [2.75, 3.05) is 0 Å². The maximum absolute atomic E-state index is 11.2. The number of aromatic hydroxyl groups is 1. The van der Waals surface area contributed by atoms with Crippen molar-refractivity contribution in [3.05, 3.63) is 21.7 Å². The molecule has 0 saturated heterocycles. The highest BCUT2D eigenvalue weighted by Crippen LogP contribution is 2.08. The van der Waals surface area contributed by atoms with Gasteiger partial charge in [0.25, 0.3) is 5.56 Å². The van der Waals surface area contributed by atoms with E-state index >= 15 is 0 Å². The number of aromatic nitrogens is 2. The lowest BCUT2D eigenvalue weighted by molar-refractivity contribution is -0.136. The SMILES string of the molecule is CCc1nc(O)c(CC(=O)O)c(=O)[nH]1. The summed E-state index contributed by atoms with van der Waals surface area (Å²) in [7, 11) is 0. The van der Waals surface area contributed by atoms with Gasteiger partial charge in [0.05, 0.1) is 12.0 Å². The molecule has 0 aromatic carbocycles. The summed E-state index contributed by atoms with van der Waals surface area (Å²) < 4.78 is 0. The largest absolute Gasteiger partial charge is 0.493 e. The summed E-state index contributed by atoms with van der Waals surface area (Å²) in [6.07, 6.45) is -0.0612. The molecular formula is C8H10N2O4. The van der Waals surface area contributed by atoms with E-state index in [-0.39, 0.29) is 5.56 Å². The highest BCUT2D eigenvalue weighted by Gasteiger charge is 2.13. The lowest BCUT2D eigenvalue weighted by Crippen LogP contribution is -2.19. The van der Waals surface area contributed by atoms with Crippen LogP contribution < -0.4 is 5.56 Å². The summed E-state index contributed by atoms with van der Waals surface area (Å²) in [6, 6.07) is 0. The minimum absolute atomic E-state index is 0.213. The summed E-state index contributed by atoms with van der Waals surface area (Å²) in [6.45, 7) is 1.76. The topological polar surface area (TPSA) is 103 Å². The highest BCUT2D eigenvalue weighted by atomic mass is 16.4. The van der Waals surface area contributed by atoms with Crippen LogP contribution >= 0.6 is 0 Å². The number of carbonyl (C=O) groups is 1. The summed E-state index contributed by atoms with van der Waals surface area (Å²) in [5, 5.41) is 17.7. The second-order valence-corrected chi connectivity index (χ2v) is 2.74. The maximum atomic E-state index is 11.2. The molecule has 0 atom stereocenters. The Kier molecular flexibility index (Phi) is 2.85. The number of hydrogen-bond acceptors (Lipinski definition) is 4. The fraction of sp³-hybridized carbons (Fsp3) is 0.375. The van der Waals surface area contributed by atoms with Gasteiger partial charge in [-0.25, -0.2) is 4.98 Å². The van der Waals surface area contributed by atoms with Gasteiger partial charge in [0, 0.05) is 6.42 Å². The van der Waals surface area contributed by atoms with E-state index in [9.17, 15) is 14.7 Å². The van der Waals surface area contributed by atoms with Crippen LogP contribution in [0.1, 0.15) is 18.3 Å². The van der Waals surface area contributed by atoms with Crippen LogP contribution in [0.15, 0.2) is 4.79 Å². The standard InChI is InChI=1S/C8H10N2O4/c1-2-5-9-7(13)4(3-6(11)12)8(14)10-5/h2-3H2,1H3,(H,11,12)(H2,9,10,13,14). The zero-order chi connectivity index (χ0) is 10.7. The molecule has 0 unspecified atom stereocenters. The number of nitrogens with one attached hydrogen (secondary N) is 1. The molecule has 14 heavy (non-hydrogen) atoms. The van der Waals surface area contributed by atoms with Crippen molar-refractivity contribution in [1.82, 2.24) is 9.97 Å². The molecule has 0 aliphatic heterocycles. The lowest BCUT2D eigenvalue weighted by atomic mass is 10.2. The third-order valence-electron chi connectivity index (χ3n) is 1.71. The summed E-state index contributed by atoms with van der Waals surface area (Å²) in [5.41, 5.74) is -0.813. The molecule has 0 aliphatic carbocycles. The molecule has 1 aromatic heterocycles. The molecule has 6 heteroatoms. The molecule has 3 N–H and O–H groups in total. The molecule has 1 heterocycles. The number of carboxylic acids is 1. The smallest absolute Gasteiger partial charge is 0.308 e. The fourth-order valence-electron chi connectivity index (χ4n) is 1.01. The number of aliphatic carboxylic acids is 1. The van der Waals surface area contributed by atoms with Crippen LogP contribution in [0.3, 0.4) is 0 Å². The van der Waals surface area contributed by atoms with E-state index in [0.29, 0.717) is 12.2 Å². The molecule has 0 radical (unpaired) electrons. The first-order chi connectivity index (χ1) is 6.54. The average molecular weight is 198 g/mol. The van der Waals surface area contributed by atoms with E-state index in [1.54, 1.807) is 6.92 Å². The van der Waals surface area contributed by atoms with Crippen LogP contribution in [-0.2, 0) is 17.6 Å². The van der Waals surface area contributed by atoms with Crippen LogP contribution in [0, 0.1) is 0 Å². The first kappa shape index (κ1) is 10.2. The first-order valence-corrected chi connectivity index (χ1v) is 4.07. The minimum atomic E-state index is -1.18. The van der Waals surface area contributed by atoms with E-state index in [1.807, 2.05) is 0 Å². The number of H-pyrrole nitrogens is 1. The van der Waals surface area contributed by atoms with Gasteiger partial charge in [-0.3, -0.25) is 9.59 Å². The molecule has 76 valence electrons. The molecule has 0 fully saturated rings. The summed E-state index contributed by atoms with van der Waals surface area (Å²) in [4.78, 5) is 27.6. The Morgan fingerprint density at radius 1 is 1.57 bits per heavy atom. The lowest BCUT2D eigenvalue weighted by Gasteiger charge is -2.01. The van der Waals surface area contributed by atoms with Crippen LogP contribution in [0.5, 0.6) is 5.88 Å². The molecule has 0 amide bonds. The minimum Gasteiger partial charge on any atom is -0.493 e. The Balaban J connectivity index is 3.18. The van der Waals surface area contributed by atoms with Gasteiger partial charge in [-0.1, -0.05) is 6.92 Å². The maximum Gasteiger partial charge on any atom is 0.308 e. The van der Waals surface area contributed by atoms with Crippen LogP contribution in [-0.4, -0.2) is 26.2 Å². The second-order valence-electron chi connectivity index (χ2n) is 2.74. The summed E-state index contributed by atoms with van der Waals surface area (Å²) >= 11 is 0. The van der Waals surface area contributed by atoms with Crippen molar-refractivity contribution in [3.63, 3.8) is 0 Å². The van der Waals surface area contributed by atoms with Gasteiger partial charge >= 0.3 is 5.97 Å². The second kappa shape index (κ2) is 3.91. The number of nitrogens with zero attached hydrogens (tertiary/aromatic N) is 1. The van der Waals surface area contributed by atoms with Gasteiger partial charge in [0.2, 0.25) is 5.88 Å². The van der Waals surface area contributed by atoms with E-state index in [4.69, 9.17) is 5.11 Å². The van der Waals surface area contributed by atoms with Crippen LogP contribution in [0.25, 0.3) is 0 Å². The van der Waals surface area contributed by atoms with Crippen molar-refractivity contribution >= 4 is 5.97 Å². The molecule has 1 rings (SSSR count). The Morgan fingerprint density at radius 3 is 2.64 bits per heavy atom. The van der Waals surface area contributed by atoms with Crippen LogP contribution in [0.2, 0.25) is 0 Å². The van der Waals surface area contributed by atoms with Gasteiger partial charge in [0.1, 0.15) is 5.82 Å². The van der Waals surface area contributed by atoms with Crippen molar-refractivity contribution in [2.45, 2.75) is 19.8 Å². The average Bonchev–Trinajstić information content (AvgIpc) is 2.10. The molecule has 1 aromatic rings. The zero-order valence-corrected chi connectivity index (χ0v) is 7.57. The molecular weight excluding hydrogens is 188 g/mol. The number of aryl methyl sites for hydroxylation is 1. The van der Waals surface area contributed by atoms with Gasteiger partial charge in [-0.2, -0.15) is 0 Å². The van der Waals surface area contributed by atoms with Gasteiger partial charge < -0.3 is 15.2 Å². The predicted octanol–water partition coefficient (Wildman–Crippen LogP) is -0.335. The van der Waals surface area contributed by atoms with Crippen molar-refractivity contribution < 1.29 is 15.0 Å². The first-order valence-electron chi connectivity index (χ1n) is 4.07. The van der Waals surface area contributed by atoms with E-state index in [1.165, 1.54) is 0 Å². The normalized spacial score (nSPS) is 10.1. The molecule has 0 bridgehead atoms. The van der Waals surface area contributed by atoms with E-state index < -0.39 is 23.8 Å². The number of carboxylic acid groups (broad SMARTS) is 1.